The SMILES string of the molecule is CC.CCCN1/C(=C/C=C/CC(C)(Cc2ccccc2)c2c(C)ccc3ccccc23)C(C)(C)c2cc(C)ccc21. The minimum atomic E-state index is -0.0321. The molecule has 1 unspecified atom stereocenters. The Kier molecular flexibility index (Phi) is 9.59. The predicted molar refractivity (Wildman–Crippen MR) is 181 cm³/mol. The standard InChI is InChI=1S/C38H43N.C2H6/c1-7-25-39-34-23-20-28(2)26-33(34)37(4,5)35(39)19-13-14-24-38(6,27-30-15-9-8-10-16-30)36-29(3)21-22-31-17-11-12-18-32(31)36;1-2/h8-23,26H,7,24-25,27H2,1-6H3;1-2H3/b14-13+,35-19+;. The van der Waals surface area contributed by atoms with Crippen molar-refractivity contribution in [1.29, 1.82) is 0 Å². The number of hydrogen-bond donors (Lipinski definition) is 0. The number of nitrogens with zero attached hydrogens (tertiary/aromatic N) is 1. The molecule has 214 valence electrons. The molecule has 4 aromatic carbocycles. The van der Waals surface area contributed by atoms with Crippen LogP contribution < -0.4 is 4.90 Å². The summed E-state index contributed by atoms with van der Waals surface area (Å²) < 4.78 is 0. The first-order valence-electron chi connectivity index (χ1n) is 15.5. The van der Waals surface area contributed by atoms with Gasteiger partial charge < -0.3 is 4.90 Å². The van der Waals surface area contributed by atoms with E-state index in [1.807, 2.05) is 13.8 Å². The number of aryl methyl sites for hydroxylation is 2. The number of allylic oxidation sites excluding steroid dienone is 4. The van der Waals surface area contributed by atoms with E-state index < -0.39 is 0 Å². The van der Waals surface area contributed by atoms with Gasteiger partial charge in [0.25, 0.3) is 0 Å². The topological polar surface area (TPSA) is 3.24 Å². The van der Waals surface area contributed by atoms with Gasteiger partial charge in [-0.25, -0.2) is 0 Å². The van der Waals surface area contributed by atoms with Gasteiger partial charge in [-0.05, 0) is 78.3 Å². The average Bonchev–Trinajstić information content (AvgIpc) is 3.17. The van der Waals surface area contributed by atoms with Crippen molar-refractivity contribution >= 4 is 16.5 Å². The summed E-state index contributed by atoms with van der Waals surface area (Å²) in [6.45, 7) is 19.0. The molecular weight excluding hydrogens is 494 g/mol. The molecule has 1 aliphatic heterocycles. The van der Waals surface area contributed by atoms with Crippen molar-refractivity contribution in [3.63, 3.8) is 0 Å². The zero-order chi connectivity index (χ0) is 29.6. The van der Waals surface area contributed by atoms with Crippen molar-refractivity contribution in [3.8, 4) is 0 Å². The van der Waals surface area contributed by atoms with Gasteiger partial charge >= 0.3 is 0 Å². The van der Waals surface area contributed by atoms with E-state index in [0.29, 0.717) is 0 Å². The maximum absolute atomic E-state index is 2.54. The van der Waals surface area contributed by atoms with E-state index in [4.69, 9.17) is 0 Å². The highest BCUT2D eigenvalue weighted by molar-refractivity contribution is 5.88. The van der Waals surface area contributed by atoms with E-state index in [2.05, 4.69) is 150 Å². The third-order valence-electron chi connectivity index (χ3n) is 8.63. The summed E-state index contributed by atoms with van der Waals surface area (Å²) in [6, 6.07) is 31.4. The highest BCUT2D eigenvalue weighted by Gasteiger charge is 2.39. The molecule has 1 heterocycles. The van der Waals surface area contributed by atoms with Crippen LogP contribution in [0.5, 0.6) is 0 Å². The molecule has 0 saturated carbocycles. The van der Waals surface area contributed by atoms with Gasteiger partial charge in [-0.1, -0.05) is 138 Å². The van der Waals surface area contributed by atoms with Crippen LogP contribution in [0.25, 0.3) is 10.8 Å². The van der Waals surface area contributed by atoms with Gasteiger partial charge in [-0.15, -0.1) is 0 Å². The molecule has 0 aromatic heterocycles. The van der Waals surface area contributed by atoms with Crippen LogP contribution in [-0.2, 0) is 17.3 Å². The first-order valence-corrected chi connectivity index (χ1v) is 15.5. The zero-order valence-electron chi connectivity index (χ0n) is 26.6. The third kappa shape index (κ3) is 6.20. The highest BCUT2D eigenvalue weighted by atomic mass is 15.2. The lowest BCUT2D eigenvalue weighted by Crippen LogP contribution is -2.27. The van der Waals surface area contributed by atoms with Crippen molar-refractivity contribution in [1.82, 2.24) is 0 Å². The maximum Gasteiger partial charge on any atom is 0.0450 e. The second-order valence-corrected chi connectivity index (χ2v) is 12.2. The summed E-state index contributed by atoms with van der Waals surface area (Å²) in [7, 11) is 0. The minimum Gasteiger partial charge on any atom is -0.344 e. The summed E-state index contributed by atoms with van der Waals surface area (Å²) >= 11 is 0. The van der Waals surface area contributed by atoms with E-state index in [1.54, 1.807) is 0 Å². The lowest BCUT2D eigenvalue weighted by atomic mass is 9.71. The van der Waals surface area contributed by atoms with Gasteiger partial charge in [0.15, 0.2) is 0 Å². The summed E-state index contributed by atoms with van der Waals surface area (Å²) in [4.78, 5) is 2.54. The Balaban J connectivity index is 0.00000189. The smallest absolute Gasteiger partial charge is 0.0450 e. The van der Waals surface area contributed by atoms with Crippen molar-refractivity contribution in [3.05, 3.63) is 137 Å². The van der Waals surface area contributed by atoms with Crippen LogP contribution in [0.2, 0.25) is 0 Å². The Labute approximate surface area is 249 Å². The Morgan fingerprint density at radius 3 is 2.29 bits per heavy atom. The van der Waals surface area contributed by atoms with Crippen LogP contribution >= 0.6 is 0 Å². The van der Waals surface area contributed by atoms with Gasteiger partial charge in [-0.3, -0.25) is 0 Å². The third-order valence-corrected chi connectivity index (χ3v) is 8.63. The summed E-state index contributed by atoms with van der Waals surface area (Å²) in [5, 5.41) is 2.69. The Bertz CT molecular complexity index is 1520. The molecule has 0 N–H and O–H groups in total. The molecule has 0 aliphatic carbocycles. The molecule has 1 nitrogen and oxygen atoms in total. The number of rotatable bonds is 8. The number of anilines is 1. The molecule has 4 aromatic rings. The van der Waals surface area contributed by atoms with E-state index in [-0.39, 0.29) is 10.8 Å². The van der Waals surface area contributed by atoms with Crippen molar-refractivity contribution in [2.24, 2.45) is 0 Å². The van der Waals surface area contributed by atoms with E-state index in [1.165, 1.54) is 50.0 Å². The Morgan fingerprint density at radius 1 is 0.854 bits per heavy atom. The molecular formula is C40H49N. The maximum atomic E-state index is 2.54. The van der Waals surface area contributed by atoms with Gasteiger partial charge in [0.1, 0.15) is 0 Å². The molecule has 0 spiro atoms. The van der Waals surface area contributed by atoms with Crippen LogP contribution in [0.3, 0.4) is 0 Å². The summed E-state index contributed by atoms with van der Waals surface area (Å²) in [6.07, 6.45) is 10.2. The summed E-state index contributed by atoms with van der Waals surface area (Å²) in [5.74, 6) is 0. The van der Waals surface area contributed by atoms with Crippen LogP contribution in [-0.4, -0.2) is 6.54 Å². The Morgan fingerprint density at radius 2 is 1.56 bits per heavy atom. The zero-order valence-corrected chi connectivity index (χ0v) is 26.6. The number of fused-ring (bicyclic) bond motifs is 2. The van der Waals surface area contributed by atoms with Crippen molar-refractivity contribution in [2.45, 2.75) is 85.5 Å². The molecule has 0 radical (unpaired) electrons. The van der Waals surface area contributed by atoms with E-state index in [0.717, 1.165) is 25.8 Å². The predicted octanol–water partition coefficient (Wildman–Crippen LogP) is 11.0. The second kappa shape index (κ2) is 12.9. The molecule has 1 aliphatic rings. The van der Waals surface area contributed by atoms with Crippen molar-refractivity contribution < 1.29 is 0 Å². The second-order valence-electron chi connectivity index (χ2n) is 12.2. The van der Waals surface area contributed by atoms with Crippen LogP contribution in [0.15, 0.2) is 109 Å². The summed E-state index contributed by atoms with van der Waals surface area (Å²) in [5.41, 5.74) is 9.72. The van der Waals surface area contributed by atoms with Crippen molar-refractivity contribution in [2.75, 3.05) is 11.4 Å². The molecule has 1 atom stereocenters. The fraction of sp³-hybridized carbons (Fsp3) is 0.350. The fourth-order valence-electron chi connectivity index (χ4n) is 6.73. The van der Waals surface area contributed by atoms with Crippen LogP contribution in [0.4, 0.5) is 5.69 Å². The molecule has 1 heteroatoms. The lowest BCUT2D eigenvalue weighted by Gasteiger charge is -2.32. The average molecular weight is 544 g/mol. The molecule has 0 saturated heterocycles. The first-order chi connectivity index (χ1) is 19.7. The largest absolute Gasteiger partial charge is 0.344 e. The van der Waals surface area contributed by atoms with Crippen LogP contribution in [0, 0.1) is 13.8 Å². The van der Waals surface area contributed by atoms with Gasteiger partial charge in [0.05, 0.1) is 0 Å². The van der Waals surface area contributed by atoms with E-state index >= 15 is 0 Å². The lowest BCUT2D eigenvalue weighted by molar-refractivity contribution is 0.476. The first kappa shape index (κ1) is 30.4. The van der Waals surface area contributed by atoms with Gasteiger partial charge in [0.2, 0.25) is 0 Å². The highest BCUT2D eigenvalue weighted by Crippen LogP contribution is 2.48. The van der Waals surface area contributed by atoms with Gasteiger partial charge in [-0.2, -0.15) is 0 Å². The fourth-order valence-corrected chi connectivity index (χ4v) is 6.73. The Hall–Kier alpha value is -3.58. The van der Waals surface area contributed by atoms with Gasteiger partial charge in [0, 0.05) is 28.8 Å². The quantitative estimate of drug-likeness (QED) is 0.214. The number of hydrogen-bond acceptors (Lipinski definition) is 1. The van der Waals surface area contributed by atoms with Crippen LogP contribution in [0.1, 0.15) is 82.2 Å². The minimum absolute atomic E-state index is 0.0135. The molecule has 5 rings (SSSR count). The molecule has 0 amide bonds. The molecule has 0 bridgehead atoms. The molecule has 41 heavy (non-hydrogen) atoms. The normalized spacial score (nSPS) is 16.5. The van der Waals surface area contributed by atoms with E-state index in [9.17, 15) is 0 Å². The monoisotopic (exact) mass is 543 g/mol. The molecule has 0 fully saturated rings. The number of benzene rings is 4.